The van der Waals surface area contributed by atoms with E-state index in [1.807, 2.05) is 31.2 Å². The van der Waals surface area contributed by atoms with Crippen molar-refractivity contribution in [2.24, 2.45) is 5.41 Å². The maximum atomic E-state index is 12.5. The van der Waals surface area contributed by atoms with Gasteiger partial charge < -0.3 is 10.0 Å². The summed E-state index contributed by atoms with van der Waals surface area (Å²) in [4.78, 5) is 25.3. The molecule has 0 atom stereocenters. The summed E-state index contributed by atoms with van der Waals surface area (Å²) in [6.45, 7) is 1.99. The zero-order valence-corrected chi connectivity index (χ0v) is 12.8. The number of rotatable bonds is 5. The molecule has 0 heterocycles. The molecule has 1 N–H and O–H groups in total. The van der Waals surface area contributed by atoms with Gasteiger partial charge in [-0.3, -0.25) is 9.59 Å². The minimum Gasteiger partial charge on any atom is -0.481 e. The van der Waals surface area contributed by atoms with Crippen molar-refractivity contribution < 1.29 is 14.7 Å². The third kappa shape index (κ3) is 3.84. The van der Waals surface area contributed by atoms with Crippen molar-refractivity contribution in [3.63, 3.8) is 0 Å². The molecule has 1 saturated carbocycles. The van der Waals surface area contributed by atoms with Gasteiger partial charge in [-0.05, 0) is 42.9 Å². The number of hydrogen-bond donors (Lipinski definition) is 1. The second kappa shape index (κ2) is 6.29. The van der Waals surface area contributed by atoms with Gasteiger partial charge in [0.15, 0.2) is 0 Å². The van der Waals surface area contributed by atoms with Gasteiger partial charge >= 0.3 is 5.97 Å². The van der Waals surface area contributed by atoms with Gasteiger partial charge in [0.1, 0.15) is 0 Å². The van der Waals surface area contributed by atoms with Crippen molar-refractivity contribution >= 4 is 17.6 Å². The molecule has 2 rings (SSSR count). The minimum atomic E-state index is -0.803. The quantitative estimate of drug-likeness (QED) is 0.904. The van der Waals surface area contributed by atoms with Gasteiger partial charge in [0.25, 0.3) is 0 Å². The molecule has 0 unspecified atom stereocenters. The summed E-state index contributed by atoms with van der Waals surface area (Å²) in [5.74, 6) is -0.799. The highest BCUT2D eigenvalue weighted by Crippen LogP contribution is 2.44. The summed E-state index contributed by atoms with van der Waals surface area (Å²) in [5, 5.41) is 9.12. The molecule has 0 bridgehead atoms. The van der Waals surface area contributed by atoms with Crippen LogP contribution in [-0.4, -0.2) is 24.0 Å². The molecular weight excluding hydrogens is 266 g/mol. The topological polar surface area (TPSA) is 57.6 Å². The zero-order valence-electron chi connectivity index (χ0n) is 12.8. The van der Waals surface area contributed by atoms with Crippen LogP contribution in [0.5, 0.6) is 0 Å². The first-order valence-corrected chi connectivity index (χ1v) is 7.47. The van der Waals surface area contributed by atoms with Crippen LogP contribution in [0.25, 0.3) is 0 Å². The van der Waals surface area contributed by atoms with Crippen molar-refractivity contribution in [2.75, 3.05) is 11.9 Å². The van der Waals surface area contributed by atoms with Gasteiger partial charge in [0.2, 0.25) is 5.91 Å². The van der Waals surface area contributed by atoms with E-state index in [2.05, 4.69) is 0 Å². The number of amides is 1. The Morgan fingerprint density at radius 3 is 2.48 bits per heavy atom. The number of benzene rings is 1. The Bertz CT molecular complexity index is 533. The Labute approximate surface area is 125 Å². The molecule has 1 aromatic carbocycles. The van der Waals surface area contributed by atoms with Gasteiger partial charge in [-0.2, -0.15) is 0 Å². The summed E-state index contributed by atoms with van der Waals surface area (Å²) in [7, 11) is 1.76. The Morgan fingerprint density at radius 1 is 1.24 bits per heavy atom. The lowest BCUT2D eigenvalue weighted by atomic mass is 9.79. The van der Waals surface area contributed by atoms with E-state index in [1.165, 1.54) is 0 Å². The maximum absolute atomic E-state index is 12.5. The van der Waals surface area contributed by atoms with Crippen LogP contribution >= 0.6 is 0 Å². The molecule has 1 amide bonds. The van der Waals surface area contributed by atoms with Gasteiger partial charge in [-0.15, -0.1) is 0 Å². The van der Waals surface area contributed by atoms with Crippen molar-refractivity contribution in [2.45, 2.75) is 45.4 Å². The third-order valence-electron chi connectivity index (χ3n) is 4.48. The molecule has 0 spiro atoms. The highest BCUT2D eigenvalue weighted by molar-refractivity contribution is 5.93. The predicted octanol–water partition coefficient (Wildman–Crippen LogP) is 3.38. The van der Waals surface area contributed by atoms with E-state index < -0.39 is 5.97 Å². The fourth-order valence-corrected chi connectivity index (χ4v) is 3.28. The highest BCUT2D eigenvalue weighted by Gasteiger charge is 2.38. The van der Waals surface area contributed by atoms with Crippen LogP contribution in [0, 0.1) is 12.3 Å². The van der Waals surface area contributed by atoms with Crippen LogP contribution in [-0.2, 0) is 9.59 Å². The lowest BCUT2D eigenvalue weighted by molar-refractivity contribution is -0.140. The van der Waals surface area contributed by atoms with E-state index in [0.717, 1.165) is 36.9 Å². The normalized spacial score (nSPS) is 16.7. The fourth-order valence-electron chi connectivity index (χ4n) is 3.28. The lowest BCUT2D eigenvalue weighted by Crippen LogP contribution is -2.33. The maximum Gasteiger partial charge on any atom is 0.303 e. The van der Waals surface area contributed by atoms with Crippen LogP contribution in [0.2, 0.25) is 0 Å². The third-order valence-corrected chi connectivity index (χ3v) is 4.48. The molecule has 4 nitrogen and oxygen atoms in total. The van der Waals surface area contributed by atoms with Crippen molar-refractivity contribution in [3.8, 4) is 0 Å². The minimum absolute atomic E-state index is 0.00347. The van der Waals surface area contributed by atoms with Gasteiger partial charge in [-0.1, -0.05) is 25.0 Å². The van der Waals surface area contributed by atoms with E-state index >= 15 is 0 Å². The number of carbonyl (C=O) groups excluding carboxylic acids is 1. The molecule has 0 aromatic heterocycles. The van der Waals surface area contributed by atoms with E-state index in [-0.39, 0.29) is 17.7 Å². The number of aryl methyl sites for hydroxylation is 1. The van der Waals surface area contributed by atoms with Crippen LogP contribution in [0.15, 0.2) is 24.3 Å². The van der Waals surface area contributed by atoms with Crippen molar-refractivity contribution in [1.29, 1.82) is 0 Å². The van der Waals surface area contributed by atoms with Crippen LogP contribution < -0.4 is 4.90 Å². The Hall–Kier alpha value is -1.84. The molecule has 21 heavy (non-hydrogen) atoms. The average molecular weight is 289 g/mol. The summed E-state index contributed by atoms with van der Waals surface area (Å²) in [6, 6.07) is 7.79. The molecular formula is C17H23NO3. The van der Waals surface area contributed by atoms with E-state index in [9.17, 15) is 9.59 Å². The smallest absolute Gasteiger partial charge is 0.303 e. The first-order valence-electron chi connectivity index (χ1n) is 7.47. The monoisotopic (exact) mass is 289 g/mol. The molecule has 0 aliphatic heterocycles. The number of carboxylic acids is 1. The SMILES string of the molecule is Cc1cccc(N(C)C(=O)CC2(CC(=O)O)CCCC2)c1. The second-order valence-corrected chi connectivity index (χ2v) is 6.25. The molecule has 1 aliphatic carbocycles. The summed E-state index contributed by atoms with van der Waals surface area (Å²) < 4.78 is 0. The largest absolute Gasteiger partial charge is 0.481 e. The lowest BCUT2D eigenvalue weighted by Gasteiger charge is -2.29. The molecule has 4 heteroatoms. The summed E-state index contributed by atoms with van der Waals surface area (Å²) in [6.07, 6.45) is 4.15. The van der Waals surface area contributed by atoms with E-state index in [1.54, 1.807) is 11.9 Å². The van der Waals surface area contributed by atoms with Gasteiger partial charge in [0.05, 0.1) is 6.42 Å². The number of nitrogens with zero attached hydrogens (tertiary/aromatic N) is 1. The van der Waals surface area contributed by atoms with Crippen LogP contribution in [0.1, 0.15) is 44.1 Å². The van der Waals surface area contributed by atoms with Crippen LogP contribution in [0.3, 0.4) is 0 Å². The van der Waals surface area contributed by atoms with Crippen molar-refractivity contribution in [3.05, 3.63) is 29.8 Å². The summed E-state index contributed by atoms with van der Waals surface area (Å²) in [5.41, 5.74) is 1.62. The molecule has 1 fully saturated rings. The molecule has 1 aliphatic rings. The Morgan fingerprint density at radius 2 is 1.90 bits per heavy atom. The van der Waals surface area contributed by atoms with Crippen molar-refractivity contribution in [1.82, 2.24) is 0 Å². The Kier molecular flexibility index (Phi) is 4.66. The first kappa shape index (κ1) is 15.5. The number of aliphatic carboxylic acids is 1. The standard InChI is InChI=1S/C17H23NO3/c1-13-6-5-7-14(10-13)18(2)15(19)11-17(12-16(20)21)8-3-4-9-17/h5-7,10H,3-4,8-9,11-12H2,1-2H3,(H,20,21). The van der Waals surface area contributed by atoms with E-state index in [0.29, 0.717) is 6.42 Å². The predicted molar refractivity (Wildman–Crippen MR) is 82.4 cm³/mol. The zero-order chi connectivity index (χ0) is 15.5. The molecule has 0 radical (unpaired) electrons. The second-order valence-electron chi connectivity index (χ2n) is 6.25. The number of carboxylic acid groups (broad SMARTS) is 1. The number of hydrogen-bond acceptors (Lipinski definition) is 2. The number of anilines is 1. The first-order chi connectivity index (χ1) is 9.92. The highest BCUT2D eigenvalue weighted by atomic mass is 16.4. The molecule has 114 valence electrons. The molecule has 0 saturated heterocycles. The summed E-state index contributed by atoms with van der Waals surface area (Å²) >= 11 is 0. The number of carbonyl (C=O) groups is 2. The fraction of sp³-hybridized carbons (Fsp3) is 0.529. The van der Waals surface area contributed by atoms with Crippen LogP contribution in [0.4, 0.5) is 5.69 Å². The molecule has 1 aromatic rings. The van der Waals surface area contributed by atoms with E-state index in [4.69, 9.17) is 5.11 Å². The van der Waals surface area contributed by atoms with Gasteiger partial charge in [0, 0.05) is 19.2 Å². The average Bonchev–Trinajstić information content (AvgIpc) is 2.85. The van der Waals surface area contributed by atoms with Gasteiger partial charge in [-0.25, -0.2) is 0 Å². The Balaban J connectivity index is 2.10.